The van der Waals surface area contributed by atoms with E-state index >= 15 is 0 Å². The van der Waals surface area contributed by atoms with Crippen LogP contribution in [0.2, 0.25) is 18.6 Å². The Bertz CT molecular complexity index is 1620. The summed E-state index contributed by atoms with van der Waals surface area (Å²) in [6.07, 6.45) is 2.45. The first-order valence-corrected chi connectivity index (χ1v) is 18.6. The molecule has 2 heterocycles. The third kappa shape index (κ3) is 5.67. The van der Waals surface area contributed by atoms with Gasteiger partial charge in [-0.25, -0.2) is 0 Å². The van der Waals surface area contributed by atoms with Crippen molar-refractivity contribution in [3.63, 3.8) is 0 Å². The van der Waals surface area contributed by atoms with Crippen molar-refractivity contribution >= 4 is 30.5 Å². The average Bonchev–Trinajstić information content (AvgIpc) is 3.29. The van der Waals surface area contributed by atoms with E-state index < -0.39 is 8.07 Å². The topological polar surface area (TPSA) is 68.2 Å². The van der Waals surface area contributed by atoms with E-state index in [0.29, 0.717) is 34.9 Å². The number of nitrogens with zero attached hydrogens (tertiary/aromatic N) is 1. The molecule has 0 radical (unpaired) electrons. The fourth-order valence-corrected chi connectivity index (χ4v) is 11.4. The summed E-state index contributed by atoms with van der Waals surface area (Å²) >= 11 is 0. The first-order valence-electron chi connectivity index (χ1n) is 15.5. The van der Waals surface area contributed by atoms with Gasteiger partial charge in [-0.15, -0.1) is 0 Å². The van der Waals surface area contributed by atoms with Gasteiger partial charge in [0.1, 0.15) is 11.5 Å². The van der Waals surface area contributed by atoms with Crippen LogP contribution < -0.4 is 19.6 Å². The van der Waals surface area contributed by atoms with E-state index in [9.17, 15) is 9.90 Å². The van der Waals surface area contributed by atoms with Crippen LogP contribution in [0.5, 0.6) is 17.2 Å². The molecular formula is C37H41NO5Si. The summed E-state index contributed by atoms with van der Waals surface area (Å²) in [4.78, 5) is 15.7. The van der Waals surface area contributed by atoms with E-state index in [4.69, 9.17) is 14.2 Å². The highest BCUT2D eigenvalue weighted by molar-refractivity contribution is 6.91. The van der Waals surface area contributed by atoms with E-state index in [0.717, 1.165) is 35.5 Å². The van der Waals surface area contributed by atoms with Gasteiger partial charge in [0.05, 0.1) is 38.6 Å². The number of methoxy groups -OCH3 is 1. The molecule has 1 fully saturated rings. The van der Waals surface area contributed by atoms with Crippen LogP contribution in [0.4, 0.5) is 11.4 Å². The molecule has 6 nitrogen and oxygen atoms in total. The Hall–Kier alpha value is -3.91. The Morgan fingerprint density at radius 3 is 2.34 bits per heavy atom. The third-order valence-corrected chi connectivity index (χ3v) is 13.9. The van der Waals surface area contributed by atoms with Gasteiger partial charge >= 0.3 is 0 Å². The predicted molar refractivity (Wildman–Crippen MR) is 178 cm³/mol. The van der Waals surface area contributed by atoms with Crippen molar-refractivity contribution in [2.75, 3.05) is 18.6 Å². The largest absolute Gasteiger partial charge is 0.497 e. The maximum atomic E-state index is 13.9. The Kier molecular flexibility index (Phi) is 8.63. The number of rotatable bonds is 9. The van der Waals surface area contributed by atoms with Crippen LogP contribution >= 0.6 is 0 Å². The van der Waals surface area contributed by atoms with Crippen molar-refractivity contribution in [1.29, 1.82) is 0 Å². The van der Waals surface area contributed by atoms with Gasteiger partial charge in [0.2, 0.25) is 0 Å². The number of carbonyl (C=O) groups is 1. The van der Waals surface area contributed by atoms with Gasteiger partial charge in [0, 0.05) is 12.3 Å². The minimum absolute atomic E-state index is 0.0291. The van der Waals surface area contributed by atoms with Crippen LogP contribution in [0.15, 0.2) is 97.1 Å². The molecule has 0 aromatic heterocycles. The predicted octanol–water partition coefficient (Wildman–Crippen LogP) is 7.48. The molecule has 4 aromatic carbocycles. The summed E-state index contributed by atoms with van der Waals surface area (Å²) in [6, 6.07) is 31.8. The number of hydrogen-bond acceptors (Lipinski definition) is 5. The molecule has 1 saturated heterocycles. The monoisotopic (exact) mass is 607 g/mol. The zero-order valence-electron chi connectivity index (χ0n) is 25.9. The van der Waals surface area contributed by atoms with Crippen molar-refractivity contribution in [3.8, 4) is 17.2 Å². The van der Waals surface area contributed by atoms with Crippen molar-refractivity contribution in [1.82, 2.24) is 0 Å². The Morgan fingerprint density at radius 1 is 0.864 bits per heavy atom. The van der Waals surface area contributed by atoms with Gasteiger partial charge in [-0.05, 0) is 84.8 Å². The summed E-state index contributed by atoms with van der Waals surface area (Å²) in [7, 11) is -0.255. The minimum atomic E-state index is -1.95. The SMILES string of the molecule is COc1ccc([Si](C)(C)[C@H]2[C@H](C)[C@H](CCc3cccc(N4C(=O)c5ccccc5Oc5ccccc54)c3)O[C@@H]2CCO)cc1. The second-order valence-corrected chi connectivity index (χ2v) is 17.2. The maximum Gasteiger partial charge on any atom is 0.266 e. The summed E-state index contributed by atoms with van der Waals surface area (Å²) in [5.41, 5.74) is 3.59. The molecule has 4 atom stereocenters. The number of anilines is 2. The molecule has 1 N–H and O–H groups in total. The molecule has 44 heavy (non-hydrogen) atoms. The number of hydrogen-bond donors (Lipinski definition) is 1. The van der Waals surface area contributed by atoms with Crippen molar-refractivity contribution in [2.24, 2.45) is 5.92 Å². The highest BCUT2D eigenvalue weighted by Gasteiger charge is 2.50. The molecule has 2 aliphatic heterocycles. The molecule has 4 aromatic rings. The van der Waals surface area contributed by atoms with E-state index in [1.807, 2.05) is 72.8 Å². The van der Waals surface area contributed by atoms with Gasteiger partial charge in [0.15, 0.2) is 5.75 Å². The van der Waals surface area contributed by atoms with Crippen LogP contribution in [-0.4, -0.2) is 45.0 Å². The number of fused-ring (bicyclic) bond motifs is 2. The number of carbonyl (C=O) groups excluding carboxylic acids is 1. The molecule has 0 spiro atoms. The molecule has 0 aliphatic carbocycles. The Labute approximate surface area is 261 Å². The van der Waals surface area contributed by atoms with Gasteiger partial charge in [-0.2, -0.15) is 0 Å². The zero-order chi connectivity index (χ0) is 30.8. The van der Waals surface area contributed by atoms with E-state index in [1.165, 1.54) is 5.19 Å². The molecule has 7 heteroatoms. The average molecular weight is 608 g/mol. The molecule has 0 saturated carbocycles. The van der Waals surface area contributed by atoms with Crippen molar-refractivity contribution in [3.05, 3.63) is 108 Å². The fourth-order valence-electron chi connectivity index (χ4n) is 7.27. The molecule has 2 aliphatic rings. The number of aryl methyl sites for hydroxylation is 1. The maximum absolute atomic E-state index is 13.9. The Balaban J connectivity index is 1.23. The second kappa shape index (κ2) is 12.6. The van der Waals surface area contributed by atoms with Crippen molar-refractivity contribution < 1.29 is 24.1 Å². The van der Waals surface area contributed by atoms with E-state index in [1.54, 1.807) is 12.0 Å². The van der Waals surface area contributed by atoms with Gasteiger partial charge in [-0.3, -0.25) is 9.69 Å². The second-order valence-electron chi connectivity index (χ2n) is 12.5. The summed E-state index contributed by atoms with van der Waals surface area (Å²) in [5, 5.41) is 11.3. The van der Waals surface area contributed by atoms with Crippen LogP contribution in [0.25, 0.3) is 0 Å². The lowest BCUT2D eigenvalue weighted by molar-refractivity contribution is 0.0196. The third-order valence-electron chi connectivity index (χ3n) is 9.52. The standard InChI is InChI=1S/C37H41NO5Si/c1-25-32(42-35(22-23-39)36(25)44(3,4)29-19-17-28(41-2)18-20-29)21-16-26-10-9-11-27(24-26)38-31-13-6-8-15-34(31)43-33-14-7-5-12-30(33)37(38)40/h5-15,17-20,24-25,32,35-36,39H,16,21-23H2,1-4H3/t25-,32+,35-,36+/m1/s1. The first kappa shape index (κ1) is 30.1. The molecule has 0 unspecified atom stereocenters. The fraction of sp³-hybridized carbons (Fsp3) is 0.324. The Morgan fingerprint density at radius 2 is 1.59 bits per heavy atom. The smallest absolute Gasteiger partial charge is 0.266 e. The van der Waals surface area contributed by atoms with Crippen LogP contribution in [-0.2, 0) is 11.2 Å². The van der Waals surface area contributed by atoms with Gasteiger partial charge in [-0.1, -0.05) is 73.7 Å². The van der Waals surface area contributed by atoms with E-state index in [2.05, 4.69) is 44.3 Å². The summed E-state index contributed by atoms with van der Waals surface area (Å²) in [6.45, 7) is 7.29. The minimum Gasteiger partial charge on any atom is -0.497 e. The normalized spacial score (nSPS) is 21.3. The quantitative estimate of drug-likeness (QED) is 0.200. The highest BCUT2D eigenvalue weighted by atomic mass is 28.3. The number of benzene rings is 4. The molecular weight excluding hydrogens is 566 g/mol. The number of ether oxygens (including phenoxy) is 3. The van der Waals surface area contributed by atoms with Crippen LogP contribution in [0.3, 0.4) is 0 Å². The van der Waals surface area contributed by atoms with Crippen LogP contribution in [0, 0.1) is 5.92 Å². The summed E-state index contributed by atoms with van der Waals surface area (Å²) in [5.74, 6) is 2.31. The number of para-hydroxylation sites is 3. The van der Waals surface area contributed by atoms with Crippen molar-refractivity contribution in [2.45, 2.75) is 57.0 Å². The van der Waals surface area contributed by atoms with Crippen LogP contribution in [0.1, 0.15) is 35.7 Å². The van der Waals surface area contributed by atoms with Gasteiger partial charge in [0.25, 0.3) is 5.91 Å². The lowest BCUT2D eigenvalue weighted by atomic mass is 9.95. The van der Waals surface area contributed by atoms with Gasteiger partial charge < -0.3 is 19.3 Å². The molecule has 228 valence electrons. The first-order chi connectivity index (χ1) is 21.3. The molecule has 6 rings (SSSR count). The number of amides is 1. The zero-order valence-corrected chi connectivity index (χ0v) is 26.9. The highest BCUT2D eigenvalue weighted by Crippen LogP contribution is 2.47. The number of aliphatic hydroxyl groups is 1. The summed E-state index contributed by atoms with van der Waals surface area (Å²) < 4.78 is 18.3. The molecule has 1 amide bonds. The number of aliphatic hydroxyl groups excluding tert-OH is 1. The lowest BCUT2D eigenvalue weighted by Gasteiger charge is -2.36. The lowest BCUT2D eigenvalue weighted by Crippen LogP contribution is -2.50. The van der Waals surface area contributed by atoms with E-state index in [-0.39, 0.29) is 24.7 Å². The molecule has 0 bridgehead atoms.